The summed E-state index contributed by atoms with van der Waals surface area (Å²) >= 11 is 0. The van der Waals surface area contributed by atoms with Gasteiger partial charge >= 0.3 is 0 Å². The third-order valence-electron chi connectivity index (χ3n) is 1.85. The molecule has 1 heterocycles. The number of alkyl halides is 2. The van der Waals surface area contributed by atoms with Crippen molar-refractivity contribution in [2.45, 2.75) is 13.0 Å². The van der Waals surface area contributed by atoms with Crippen molar-refractivity contribution in [1.29, 1.82) is 0 Å². The minimum Gasteiger partial charge on any atom is -0.353 e. The second kappa shape index (κ2) is 5.55. The maximum absolute atomic E-state index is 12.1. The molecule has 0 amide bonds. The highest BCUT2D eigenvalue weighted by Gasteiger charge is 2.09. The maximum atomic E-state index is 12.1. The molecule has 1 aromatic heterocycles. The van der Waals surface area contributed by atoms with Gasteiger partial charge in [-0.25, -0.2) is 13.8 Å². The van der Waals surface area contributed by atoms with Gasteiger partial charge in [0.25, 0.3) is 6.43 Å². The van der Waals surface area contributed by atoms with Gasteiger partial charge in [0, 0.05) is 13.6 Å². The first-order valence-electron chi connectivity index (χ1n) is 4.58. The van der Waals surface area contributed by atoms with Crippen molar-refractivity contribution in [2.75, 3.05) is 25.5 Å². The van der Waals surface area contributed by atoms with Gasteiger partial charge in [-0.1, -0.05) is 0 Å². The SMILES string of the molecule is CNCc1cnc(N(C)CC(F)F)cn1. The van der Waals surface area contributed by atoms with E-state index in [4.69, 9.17) is 0 Å². The first-order valence-corrected chi connectivity index (χ1v) is 4.58. The summed E-state index contributed by atoms with van der Waals surface area (Å²) in [5.41, 5.74) is 0.784. The lowest BCUT2D eigenvalue weighted by molar-refractivity contribution is 0.156. The number of nitrogens with zero attached hydrogens (tertiary/aromatic N) is 3. The molecule has 4 nitrogen and oxygen atoms in total. The summed E-state index contributed by atoms with van der Waals surface area (Å²) in [5, 5.41) is 2.93. The molecule has 15 heavy (non-hydrogen) atoms. The van der Waals surface area contributed by atoms with Crippen LogP contribution >= 0.6 is 0 Å². The molecule has 1 aromatic rings. The summed E-state index contributed by atoms with van der Waals surface area (Å²) in [6.45, 7) is 0.284. The average Bonchev–Trinajstić information content (AvgIpc) is 2.18. The highest BCUT2D eigenvalue weighted by molar-refractivity contribution is 5.34. The van der Waals surface area contributed by atoms with Crippen LogP contribution in [0.1, 0.15) is 5.69 Å². The first kappa shape index (κ1) is 11.8. The molecule has 0 fully saturated rings. The average molecular weight is 216 g/mol. The van der Waals surface area contributed by atoms with Gasteiger partial charge in [0.15, 0.2) is 0 Å². The van der Waals surface area contributed by atoms with E-state index >= 15 is 0 Å². The zero-order valence-electron chi connectivity index (χ0n) is 8.74. The Kier molecular flexibility index (Phi) is 4.36. The number of hydrogen-bond acceptors (Lipinski definition) is 4. The van der Waals surface area contributed by atoms with Crippen molar-refractivity contribution in [2.24, 2.45) is 0 Å². The smallest absolute Gasteiger partial charge is 0.255 e. The maximum Gasteiger partial charge on any atom is 0.255 e. The quantitative estimate of drug-likeness (QED) is 0.794. The van der Waals surface area contributed by atoms with Crippen LogP contribution in [-0.2, 0) is 6.54 Å². The lowest BCUT2D eigenvalue weighted by Gasteiger charge is -2.16. The molecule has 1 N–H and O–H groups in total. The van der Waals surface area contributed by atoms with E-state index in [1.807, 2.05) is 0 Å². The predicted octanol–water partition coefficient (Wildman–Crippen LogP) is 0.897. The minimum atomic E-state index is -2.37. The lowest BCUT2D eigenvalue weighted by Crippen LogP contribution is -2.25. The van der Waals surface area contributed by atoms with Crippen LogP contribution in [0, 0.1) is 0 Å². The molecule has 0 aliphatic rings. The van der Waals surface area contributed by atoms with Crippen LogP contribution in [0.5, 0.6) is 0 Å². The highest BCUT2D eigenvalue weighted by Crippen LogP contribution is 2.08. The van der Waals surface area contributed by atoms with Crippen LogP contribution in [0.4, 0.5) is 14.6 Å². The van der Waals surface area contributed by atoms with E-state index in [9.17, 15) is 8.78 Å². The van der Waals surface area contributed by atoms with E-state index in [1.165, 1.54) is 11.1 Å². The van der Waals surface area contributed by atoms with E-state index in [-0.39, 0.29) is 6.54 Å². The Morgan fingerprint density at radius 3 is 2.60 bits per heavy atom. The van der Waals surface area contributed by atoms with Crippen LogP contribution in [0.25, 0.3) is 0 Å². The summed E-state index contributed by atoms with van der Waals surface area (Å²) in [7, 11) is 3.37. The van der Waals surface area contributed by atoms with Gasteiger partial charge in [0.2, 0.25) is 0 Å². The fourth-order valence-corrected chi connectivity index (χ4v) is 1.12. The van der Waals surface area contributed by atoms with Gasteiger partial charge in [-0.2, -0.15) is 0 Å². The third-order valence-corrected chi connectivity index (χ3v) is 1.85. The molecule has 0 spiro atoms. The van der Waals surface area contributed by atoms with Gasteiger partial charge in [0.05, 0.1) is 24.6 Å². The molecule has 0 saturated carbocycles. The molecular weight excluding hydrogens is 202 g/mol. The zero-order valence-corrected chi connectivity index (χ0v) is 8.74. The molecule has 0 aliphatic heterocycles. The Morgan fingerprint density at radius 1 is 1.40 bits per heavy atom. The molecule has 84 valence electrons. The number of nitrogens with one attached hydrogen (secondary N) is 1. The van der Waals surface area contributed by atoms with Crippen molar-refractivity contribution < 1.29 is 8.78 Å². The van der Waals surface area contributed by atoms with Crippen LogP contribution in [-0.4, -0.2) is 37.0 Å². The molecule has 6 heteroatoms. The van der Waals surface area contributed by atoms with E-state index in [0.717, 1.165) is 5.69 Å². The molecule has 0 saturated heterocycles. The lowest BCUT2D eigenvalue weighted by atomic mass is 10.4. The van der Waals surface area contributed by atoms with Gasteiger partial charge in [0.1, 0.15) is 5.82 Å². The summed E-state index contributed by atoms with van der Waals surface area (Å²) < 4.78 is 24.1. The normalized spacial score (nSPS) is 10.7. The Hall–Kier alpha value is -1.30. The standard InChI is InChI=1S/C9H14F2N4/c1-12-3-7-4-14-9(5-13-7)15(2)6-8(10)11/h4-5,8,12H,3,6H2,1-2H3. The van der Waals surface area contributed by atoms with E-state index in [0.29, 0.717) is 12.4 Å². The zero-order chi connectivity index (χ0) is 11.3. The summed E-state index contributed by atoms with van der Waals surface area (Å²) in [6.07, 6.45) is 0.705. The van der Waals surface area contributed by atoms with Crippen molar-refractivity contribution in [3.63, 3.8) is 0 Å². The molecule has 1 rings (SSSR count). The van der Waals surface area contributed by atoms with E-state index in [2.05, 4.69) is 15.3 Å². The number of aromatic nitrogens is 2. The van der Waals surface area contributed by atoms with Crippen LogP contribution in [0.3, 0.4) is 0 Å². The summed E-state index contributed by atoms with van der Waals surface area (Å²) in [5.74, 6) is 0.454. The van der Waals surface area contributed by atoms with E-state index < -0.39 is 6.43 Å². The van der Waals surface area contributed by atoms with Crippen molar-refractivity contribution >= 4 is 5.82 Å². The monoisotopic (exact) mass is 216 g/mol. The fraction of sp³-hybridized carbons (Fsp3) is 0.556. The van der Waals surface area contributed by atoms with Crippen molar-refractivity contribution in [3.8, 4) is 0 Å². The number of hydrogen-bond donors (Lipinski definition) is 1. The Balaban J connectivity index is 2.62. The number of anilines is 1. The molecular formula is C9H14F2N4. The second-order valence-electron chi connectivity index (χ2n) is 3.17. The molecule has 0 unspecified atom stereocenters. The van der Waals surface area contributed by atoms with Crippen LogP contribution < -0.4 is 10.2 Å². The highest BCUT2D eigenvalue weighted by atomic mass is 19.3. The summed E-state index contributed by atoms with van der Waals surface area (Å²) in [6, 6.07) is 0. The Labute approximate surface area is 87.3 Å². The number of halogens is 2. The third kappa shape index (κ3) is 3.75. The van der Waals surface area contributed by atoms with Crippen LogP contribution in [0.15, 0.2) is 12.4 Å². The predicted molar refractivity (Wildman–Crippen MR) is 54.1 cm³/mol. The van der Waals surface area contributed by atoms with Gasteiger partial charge in [-0.05, 0) is 7.05 Å². The molecule has 0 aliphatic carbocycles. The molecule has 0 radical (unpaired) electrons. The van der Waals surface area contributed by atoms with Crippen LogP contribution in [0.2, 0.25) is 0 Å². The molecule has 0 bridgehead atoms. The van der Waals surface area contributed by atoms with Crippen molar-refractivity contribution in [3.05, 3.63) is 18.1 Å². The Bertz CT molecular complexity index is 289. The van der Waals surface area contributed by atoms with Gasteiger partial charge < -0.3 is 10.2 Å². The summed E-state index contributed by atoms with van der Waals surface area (Å²) in [4.78, 5) is 9.50. The van der Waals surface area contributed by atoms with Gasteiger partial charge in [-0.15, -0.1) is 0 Å². The minimum absolute atomic E-state index is 0.333. The van der Waals surface area contributed by atoms with Gasteiger partial charge in [-0.3, -0.25) is 4.98 Å². The second-order valence-corrected chi connectivity index (χ2v) is 3.17. The molecule has 0 aromatic carbocycles. The first-order chi connectivity index (χ1) is 7.13. The number of rotatable bonds is 5. The Morgan fingerprint density at radius 2 is 2.13 bits per heavy atom. The van der Waals surface area contributed by atoms with Crippen molar-refractivity contribution in [1.82, 2.24) is 15.3 Å². The van der Waals surface area contributed by atoms with E-state index in [1.54, 1.807) is 20.3 Å². The molecule has 0 atom stereocenters. The topological polar surface area (TPSA) is 41.1 Å². The fourth-order valence-electron chi connectivity index (χ4n) is 1.12. The largest absolute Gasteiger partial charge is 0.353 e.